The van der Waals surface area contributed by atoms with Crippen LogP contribution in [0.5, 0.6) is 0 Å². The van der Waals surface area contributed by atoms with Gasteiger partial charge in [0.15, 0.2) is 0 Å². The molecule has 1 fully saturated rings. The van der Waals surface area contributed by atoms with Crippen molar-refractivity contribution in [2.45, 2.75) is 39.2 Å². The van der Waals surface area contributed by atoms with Crippen molar-refractivity contribution in [1.82, 2.24) is 10.2 Å². The molecular weight excluding hydrogens is 344 g/mol. The van der Waals surface area contributed by atoms with Gasteiger partial charge in [0.25, 0.3) is 0 Å². The minimum absolute atomic E-state index is 0.0140. The van der Waals surface area contributed by atoms with Gasteiger partial charge in [-0.15, -0.1) is 0 Å². The zero-order valence-corrected chi connectivity index (χ0v) is 14.7. The molecule has 0 aliphatic carbocycles. The Morgan fingerprint density at radius 2 is 1.86 bits per heavy atom. The van der Waals surface area contributed by atoms with Gasteiger partial charge < -0.3 is 10.2 Å². The lowest BCUT2D eigenvalue weighted by Gasteiger charge is -2.31. The Hall–Kier alpha value is -1.36. The predicted octanol–water partition coefficient (Wildman–Crippen LogP) is 3.27. The minimum atomic E-state index is 0.0140. The molecule has 0 bridgehead atoms. The fourth-order valence-electron chi connectivity index (χ4n) is 2.86. The predicted molar refractivity (Wildman–Crippen MR) is 90.3 cm³/mol. The van der Waals surface area contributed by atoms with Crippen LogP contribution in [0, 0.1) is 5.92 Å². The number of benzene rings is 1. The van der Waals surface area contributed by atoms with E-state index in [9.17, 15) is 9.59 Å². The maximum absolute atomic E-state index is 12.5. The van der Waals surface area contributed by atoms with Crippen molar-refractivity contribution in [3.63, 3.8) is 0 Å². The Morgan fingerprint density at radius 1 is 1.27 bits per heavy atom. The number of likely N-dealkylation sites (tertiary alicyclic amines) is 1. The largest absolute Gasteiger partial charge is 0.349 e. The maximum atomic E-state index is 12.5. The average Bonchev–Trinajstić information content (AvgIpc) is 2.53. The van der Waals surface area contributed by atoms with Gasteiger partial charge in [0.2, 0.25) is 11.8 Å². The summed E-state index contributed by atoms with van der Waals surface area (Å²) in [6.45, 7) is 5.03. The second kappa shape index (κ2) is 7.77. The minimum Gasteiger partial charge on any atom is -0.349 e. The van der Waals surface area contributed by atoms with E-state index < -0.39 is 0 Å². The first kappa shape index (κ1) is 17.0. The smallest absolute Gasteiger partial charge is 0.223 e. The molecule has 0 aromatic heterocycles. The first-order valence-corrected chi connectivity index (χ1v) is 8.62. The summed E-state index contributed by atoms with van der Waals surface area (Å²) in [6, 6.07) is 8.12. The van der Waals surface area contributed by atoms with E-state index in [1.54, 1.807) is 6.92 Å². The molecule has 1 N–H and O–H groups in total. The van der Waals surface area contributed by atoms with Crippen LogP contribution >= 0.6 is 15.9 Å². The molecular formula is C17H23BrN2O2. The Balaban J connectivity index is 1.93. The molecule has 0 saturated carbocycles. The molecule has 2 amide bonds. The Bertz CT molecular complexity index is 522. The molecule has 1 aromatic rings. The van der Waals surface area contributed by atoms with Gasteiger partial charge in [0.05, 0.1) is 6.04 Å². The van der Waals surface area contributed by atoms with Crippen molar-refractivity contribution in [3.05, 3.63) is 34.3 Å². The van der Waals surface area contributed by atoms with Crippen molar-refractivity contribution in [2.24, 2.45) is 5.92 Å². The first-order chi connectivity index (χ1) is 10.5. The van der Waals surface area contributed by atoms with Gasteiger partial charge >= 0.3 is 0 Å². The lowest BCUT2D eigenvalue weighted by atomic mass is 9.94. The molecule has 1 heterocycles. The van der Waals surface area contributed by atoms with Crippen molar-refractivity contribution in [2.75, 3.05) is 13.1 Å². The van der Waals surface area contributed by atoms with Gasteiger partial charge in [-0.2, -0.15) is 0 Å². The molecule has 4 nitrogen and oxygen atoms in total. The summed E-state index contributed by atoms with van der Waals surface area (Å²) in [5.41, 5.74) is 1.13. The van der Waals surface area contributed by atoms with Crippen molar-refractivity contribution < 1.29 is 9.59 Å². The fraction of sp³-hybridized carbons (Fsp3) is 0.529. The Kier molecular flexibility index (Phi) is 6.00. The summed E-state index contributed by atoms with van der Waals surface area (Å²) in [4.78, 5) is 25.6. The van der Waals surface area contributed by atoms with Gasteiger partial charge in [-0.05, 0) is 37.0 Å². The molecule has 1 aliphatic heterocycles. The quantitative estimate of drug-likeness (QED) is 0.888. The van der Waals surface area contributed by atoms with E-state index in [0.717, 1.165) is 29.3 Å². The van der Waals surface area contributed by atoms with Crippen LogP contribution in [0.3, 0.4) is 0 Å². The number of hydrogen-bond donors (Lipinski definition) is 1. The molecule has 120 valence electrons. The lowest BCUT2D eigenvalue weighted by molar-refractivity contribution is -0.134. The number of amides is 2. The van der Waals surface area contributed by atoms with Crippen LogP contribution in [0.4, 0.5) is 0 Å². The highest BCUT2D eigenvalue weighted by Gasteiger charge is 2.27. The second-order valence-electron chi connectivity index (χ2n) is 5.80. The summed E-state index contributed by atoms with van der Waals surface area (Å²) < 4.78 is 1.04. The maximum Gasteiger partial charge on any atom is 0.223 e. The van der Waals surface area contributed by atoms with Gasteiger partial charge in [0.1, 0.15) is 0 Å². The SMILES string of the molecule is CC[C@H](NC(=O)C1CCN(C(C)=O)CC1)c1ccc(Br)cc1. The normalized spacial score (nSPS) is 17.1. The number of carbonyl (C=O) groups excluding carboxylic acids is 2. The van der Waals surface area contributed by atoms with E-state index in [1.165, 1.54) is 0 Å². The third-order valence-electron chi connectivity index (χ3n) is 4.31. The van der Waals surface area contributed by atoms with Crippen LogP contribution in [0.25, 0.3) is 0 Å². The van der Waals surface area contributed by atoms with E-state index in [2.05, 4.69) is 28.2 Å². The zero-order valence-electron chi connectivity index (χ0n) is 13.1. The standard InChI is InChI=1S/C17H23BrN2O2/c1-3-16(13-4-6-15(18)7-5-13)19-17(22)14-8-10-20(11-9-14)12(2)21/h4-7,14,16H,3,8-11H2,1-2H3,(H,19,22)/t16-/m0/s1. The molecule has 1 saturated heterocycles. The number of halogens is 1. The molecule has 1 atom stereocenters. The molecule has 0 unspecified atom stereocenters. The zero-order chi connectivity index (χ0) is 16.1. The van der Waals surface area contributed by atoms with E-state index in [0.29, 0.717) is 13.1 Å². The Morgan fingerprint density at radius 3 is 2.36 bits per heavy atom. The van der Waals surface area contributed by atoms with Crippen molar-refractivity contribution in [3.8, 4) is 0 Å². The molecule has 22 heavy (non-hydrogen) atoms. The van der Waals surface area contributed by atoms with Gasteiger partial charge in [-0.3, -0.25) is 9.59 Å². The number of hydrogen-bond acceptors (Lipinski definition) is 2. The van der Waals surface area contributed by atoms with Gasteiger partial charge in [-0.1, -0.05) is 35.0 Å². The third-order valence-corrected chi connectivity index (χ3v) is 4.84. The summed E-state index contributed by atoms with van der Waals surface area (Å²) in [6.07, 6.45) is 2.37. The first-order valence-electron chi connectivity index (χ1n) is 7.82. The number of carbonyl (C=O) groups is 2. The number of nitrogens with zero attached hydrogens (tertiary/aromatic N) is 1. The molecule has 0 spiro atoms. The molecule has 1 aromatic carbocycles. The fourth-order valence-corrected chi connectivity index (χ4v) is 3.13. The highest BCUT2D eigenvalue weighted by atomic mass is 79.9. The number of piperidine rings is 1. The number of rotatable bonds is 4. The third kappa shape index (κ3) is 4.32. The van der Waals surface area contributed by atoms with E-state index >= 15 is 0 Å². The van der Waals surface area contributed by atoms with E-state index in [4.69, 9.17) is 0 Å². The monoisotopic (exact) mass is 366 g/mol. The van der Waals surface area contributed by atoms with Gasteiger partial charge in [-0.25, -0.2) is 0 Å². The molecule has 2 rings (SSSR count). The Labute approximate surface area is 140 Å². The summed E-state index contributed by atoms with van der Waals surface area (Å²) in [5.74, 6) is 0.221. The van der Waals surface area contributed by atoms with Crippen LogP contribution in [-0.4, -0.2) is 29.8 Å². The van der Waals surface area contributed by atoms with E-state index in [1.807, 2.05) is 29.2 Å². The van der Waals surface area contributed by atoms with Crippen LogP contribution < -0.4 is 5.32 Å². The highest BCUT2D eigenvalue weighted by molar-refractivity contribution is 9.10. The van der Waals surface area contributed by atoms with Crippen molar-refractivity contribution >= 4 is 27.7 Å². The number of nitrogens with one attached hydrogen (secondary N) is 1. The van der Waals surface area contributed by atoms with Crippen molar-refractivity contribution in [1.29, 1.82) is 0 Å². The van der Waals surface area contributed by atoms with Crippen LogP contribution in [0.15, 0.2) is 28.7 Å². The topological polar surface area (TPSA) is 49.4 Å². The molecule has 1 aliphatic rings. The van der Waals surface area contributed by atoms with Crippen LogP contribution in [0.1, 0.15) is 44.7 Å². The summed E-state index contributed by atoms with van der Waals surface area (Å²) in [5, 5.41) is 3.16. The summed E-state index contributed by atoms with van der Waals surface area (Å²) in [7, 11) is 0. The lowest BCUT2D eigenvalue weighted by Crippen LogP contribution is -2.43. The molecule has 5 heteroatoms. The second-order valence-corrected chi connectivity index (χ2v) is 6.72. The van der Waals surface area contributed by atoms with Crippen LogP contribution in [0.2, 0.25) is 0 Å². The summed E-state index contributed by atoms with van der Waals surface area (Å²) >= 11 is 3.43. The highest BCUT2D eigenvalue weighted by Crippen LogP contribution is 2.22. The van der Waals surface area contributed by atoms with E-state index in [-0.39, 0.29) is 23.8 Å². The van der Waals surface area contributed by atoms with Gasteiger partial charge in [0, 0.05) is 30.4 Å². The average molecular weight is 367 g/mol. The van der Waals surface area contributed by atoms with Crippen LogP contribution in [-0.2, 0) is 9.59 Å². The molecule has 0 radical (unpaired) electrons.